The largest absolute Gasteiger partial charge is 0.382 e. The van der Waals surface area contributed by atoms with Gasteiger partial charge in [0, 0.05) is 7.11 Å². The van der Waals surface area contributed by atoms with Gasteiger partial charge < -0.3 is 10.1 Å². The molecule has 0 amide bonds. The molecule has 0 aliphatic heterocycles. The van der Waals surface area contributed by atoms with Crippen LogP contribution in [0.15, 0.2) is 18.2 Å². The van der Waals surface area contributed by atoms with Crippen LogP contribution in [0.4, 0.5) is 5.69 Å². The SMILES string of the molecule is COCC(C)(C)Nc1ccc(C)cc1C#N. The Kier molecular flexibility index (Phi) is 3.92. The Morgan fingerprint density at radius 1 is 1.44 bits per heavy atom. The van der Waals surface area contributed by atoms with Gasteiger partial charge in [-0.05, 0) is 38.5 Å². The summed E-state index contributed by atoms with van der Waals surface area (Å²) in [6, 6.07) is 8.01. The maximum absolute atomic E-state index is 9.05. The number of nitriles is 1. The first-order chi connectivity index (χ1) is 7.48. The maximum atomic E-state index is 9.05. The van der Waals surface area contributed by atoms with Gasteiger partial charge >= 0.3 is 0 Å². The zero-order valence-electron chi connectivity index (χ0n) is 10.3. The molecule has 0 fully saturated rings. The van der Waals surface area contributed by atoms with Gasteiger partial charge in [-0.1, -0.05) is 6.07 Å². The third-order valence-corrected chi connectivity index (χ3v) is 2.27. The number of nitrogens with one attached hydrogen (secondary N) is 1. The first-order valence-electron chi connectivity index (χ1n) is 5.26. The molecule has 1 aromatic carbocycles. The van der Waals surface area contributed by atoms with Crippen molar-refractivity contribution in [1.29, 1.82) is 5.26 Å². The maximum Gasteiger partial charge on any atom is 0.101 e. The molecule has 0 heterocycles. The molecule has 1 rings (SSSR count). The Labute approximate surface area is 97.0 Å². The number of ether oxygens (including phenoxy) is 1. The minimum atomic E-state index is -0.185. The van der Waals surface area contributed by atoms with E-state index in [0.29, 0.717) is 12.2 Å². The number of aryl methyl sites for hydroxylation is 1. The van der Waals surface area contributed by atoms with Crippen LogP contribution in [0.1, 0.15) is 25.0 Å². The average molecular weight is 218 g/mol. The van der Waals surface area contributed by atoms with Gasteiger partial charge in [-0.3, -0.25) is 0 Å². The Morgan fingerprint density at radius 2 is 2.12 bits per heavy atom. The summed E-state index contributed by atoms with van der Waals surface area (Å²) in [5.41, 5.74) is 2.43. The van der Waals surface area contributed by atoms with Crippen molar-refractivity contribution in [3.63, 3.8) is 0 Å². The molecule has 0 spiro atoms. The highest BCUT2D eigenvalue weighted by Gasteiger charge is 2.18. The topological polar surface area (TPSA) is 45.0 Å². The Hall–Kier alpha value is -1.53. The molecule has 0 aromatic heterocycles. The van der Waals surface area contributed by atoms with Gasteiger partial charge in [-0.25, -0.2) is 0 Å². The van der Waals surface area contributed by atoms with Crippen molar-refractivity contribution in [3.8, 4) is 6.07 Å². The molecular formula is C13H18N2O. The Morgan fingerprint density at radius 3 is 2.69 bits per heavy atom. The van der Waals surface area contributed by atoms with Gasteiger partial charge in [0.25, 0.3) is 0 Å². The molecule has 16 heavy (non-hydrogen) atoms. The lowest BCUT2D eigenvalue weighted by Gasteiger charge is -2.27. The molecule has 0 aliphatic rings. The number of hydrogen-bond acceptors (Lipinski definition) is 3. The lowest BCUT2D eigenvalue weighted by molar-refractivity contribution is 0.158. The Bertz CT molecular complexity index is 405. The smallest absolute Gasteiger partial charge is 0.101 e. The van der Waals surface area contributed by atoms with Gasteiger partial charge in [0.15, 0.2) is 0 Å². The van der Waals surface area contributed by atoms with Crippen molar-refractivity contribution in [2.45, 2.75) is 26.3 Å². The van der Waals surface area contributed by atoms with Crippen LogP contribution < -0.4 is 5.32 Å². The van der Waals surface area contributed by atoms with Crippen LogP contribution in [-0.2, 0) is 4.74 Å². The van der Waals surface area contributed by atoms with Crippen LogP contribution in [-0.4, -0.2) is 19.3 Å². The molecule has 1 N–H and O–H groups in total. The summed E-state index contributed by atoms with van der Waals surface area (Å²) in [5.74, 6) is 0. The van der Waals surface area contributed by atoms with Crippen molar-refractivity contribution in [2.24, 2.45) is 0 Å². The second-order valence-electron chi connectivity index (χ2n) is 4.60. The summed E-state index contributed by atoms with van der Waals surface area (Å²) >= 11 is 0. The fraction of sp³-hybridized carbons (Fsp3) is 0.462. The fourth-order valence-corrected chi connectivity index (χ4v) is 1.62. The summed E-state index contributed by atoms with van der Waals surface area (Å²) in [6.45, 7) is 6.64. The minimum Gasteiger partial charge on any atom is -0.382 e. The van der Waals surface area contributed by atoms with E-state index in [4.69, 9.17) is 10.00 Å². The molecule has 0 saturated heterocycles. The number of rotatable bonds is 4. The quantitative estimate of drug-likeness (QED) is 0.845. The number of hydrogen-bond donors (Lipinski definition) is 1. The van der Waals surface area contributed by atoms with Crippen molar-refractivity contribution >= 4 is 5.69 Å². The summed E-state index contributed by atoms with van der Waals surface area (Å²) < 4.78 is 5.13. The molecule has 0 saturated carbocycles. The summed E-state index contributed by atoms with van der Waals surface area (Å²) in [6.07, 6.45) is 0. The van der Waals surface area contributed by atoms with E-state index >= 15 is 0 Å². The molecule has 86 valence electrons. The predicted molar refractivity (Wildman–Crippen MR) is 65.5 cm³/mol. The molecule has 0 radical (unpaired) electrons. The van der Waals surface area contributed by atoms with Crippen molar-refractivity contribution in [2.75, 3.05) is 19.0 Å². The van der Waals surface area contributed by atoms with Crippen molar-refractivity contribution in [3.05, 3.63) is 29.3 Å². The van der Waals surface area contributed by atoms with Crippen LogP contribution in [0.3, 0.4) is 0 Å². The number of benzene rings is 1. The fourth-order valence-electron chi connectivity index (χ4n) is 1.62. The number of methoxy groups -OCH3 is 1. The van der Waals surface area contributed by atoms with Crippen molar-refractivity contribution < 1.29 is 4.74 Å². The third-order valence-electron chi connectivity index (χ3n) is 2.27. The molecule has 0 unspecified atom stereocenters. The lowest BCUT2D eigenvalue weighted by Crippen LogP contribution is -2.36. The van der Waals surface area contributed by atoms with Crippen LogP contribution in [0.2, 0.25) is 0 Å². The van der Waals surface area contributed by atoms with Gasteiger partial charge in [-0.2, -0.15) is 5.26 Å². The van der Waals surface area contributed by atoms with E-state index in [1.165, 1.54) is 0 Å². The van der Waals surface area contributed by atoms with Gasteiger partial charge in [-0.15, -0.1) is 0 Å². The molecule has 3 heteroatoms. The van der Waals surface area contributed by atoms with E-state index in [1.54, 1.807) is 7.11 Å². The highest BCUT2D eigenvalue weighted by Crippen LogP contribution is 2.20. The van der Waals surface area contributed by atoms with Gasteiger partial charge in [0.2, 0.25) is 0 Å². The first-order valence-corrected chi connectivity index (χ1v) is 5.26. The molecule has 0 atom stereocenters. The van der Waals surface area contributed by atoms with Gasteiger partial charge in [0.1, 0.15) is 6.07 Å². The van der Waals surface area contributed by atoms with Crippen LogP contribution in [0.25, 0.3) is 0 Å². The van der Waals surface area contributed by atoms with Crippen LogP contribution in [0, 0.1) is 18.3 Å². The van der Waals surface area contributed by atoms with E-state index in [0.717, 1.165) is 11.3 Å². The third kappa shape index (κ3) is 3.25. The standard InChI is InChI=1S/C13H18N2O/c1-10-5-6-12(11(7-10)8-14)15-13(2,3)9-16-4/h5-7,15H,9H2,1-4H3. The van der Waals surface area contributed by atoms with E-state index < -0.39 is 0 Å². The van der Waals surface area contributed by atoms with Gasteiger partial charge in [0.05, 0.1) is 23.4 Å². The van der Waals surface area contributed by atoms with Crippen LogP contribution in [0.5, 0.6) is 0 Å². The summed E-state index contributed by atoms with van der Waals surface area (Å²) in [4.78, 5) is 0. The normalized spacial score (nSPS) is 10.9. The van der Waals surface area contributed by atoms with Crippen LogP contribution >= 0.6 is 0 Å². The lowest BCUT2D eigenvalue weighted by atomic mass is 10.0. The molecule has 1 aromatic rings. The molecular weight excluding hydrogens is 200 g/mol. The summed E-state index contributed by atoms with van der Waals surface area (Å²) in [5, 5.41) is 12.4. The predicted octanol–water partition coefficient (Wildman–Crippen LogP) is 2.70. The highest BCUT2D eigenvalue weighted by molar-refractivity contribution is 5.59. The second-order valence-corrected chi connectivity index (χ2v) is 4.60. The van der Waals surface area contributed by atoms with E-state index in [9.17, 15) is 0 Å². The Balaban J connectivity index is 2.93. The average Bonchev–Trinajstić information content (AvgIpc) is 2.20. The molecule has 3 nitrogen and oxygen atoms in total. The van der Waals surface area contributed by atoms with Crippen molar-refractivity contribution in [1.82, 2.24) is 0 Å². The number of anilines is 1. The molecule has 0 bridgehead atoms. The van der Waals surface area contributed by atoms with E-state index in [-0.39, 0.29) is 5.54 Å². The minimum absolute atomic E-state index is 0.185. The molecule has 0 aliphatic carbocycles. The monoisotopic (exact) mass is 218 g/mol. The highest BCUT2D eigenvalue weighted by atomic mass is 16.5. The van der Waals surface area contributed by atoms with E-state index in [1.807, 2.05) is 39.0 Å². The first kappa shape index (κ1) is 12.5. The zero-order chi connectivity index (χ0) is 12.2. The second kappa shape index (κ2) is 5.00. The number of nitrogens with zero attached hydrogens (tertiary/aromatic N) is 1. The van der Waals surface area contributed by atoms with E-state index in [2.05, 4.69) is 11.4 Å². The zero-order valence-corrected chi connectivity index (χ0v) is 10.3. The summed E-state index contributed by atoms with van der Waals surface area (Å²) in [7, 11) is 1.67.